The second-order valence-electron chi connectivity index (χ2n) is 26.6. The SMILES string of the molecule is N#Cc1c(-n2c3ccccc3c3ccccc32)c(-n2c3ccc(-c4ccccc4)cc3c3cc(-c4ccc(-c5ccccc5)cc4)ccc32)c(-c2ccccc2)c(-n2c3ccc(-c4ccccc4)cc3c3cc(-c4ccc(-c5ccccc5)cc4)ccc32)c1-n1c2ccccc2c2ccccc21. The van der Waals surface area contributed by atoms with Crippen LogP contribution in [0, 0.1) is 11.3 Å². The van der Waals surface area contributed by atoms with Gasteiger partial charge in [0.25, 0.3) is 0 Å². The number of nitriles is 1. The lowest BCUT2D eigenvalue weighted by Gasteiger charge is -2.29. The van der Waals surface area contributed by atoms with Crippen LogP contribution in [0.15, 0.2) is 370 Å². The molecule has 0 aliphatic rings. The lowest BCUT2D eigenvalue weighted by Crippen LogP contribution is -2.16. The van der Waals surface area contributed by atoms with E-state index in [-0.39, 0.29) is 0 Å². The van der Waals surface area contributed by atoms with Crippen molar-refractivity contribution in [2.45, 2.75) is 0 Å². The topological polar surface area (TPSA) is 43.5 Å². The molecule has 0 spiro atoms. The molecule has 0 bridgehead atoms. The van der Waals surface area contributed by atoms with Gasteiger partial charge in [-0.25, -0.2) is 0 Å². The third-order valence-electron chi connectivity index (χ3n) is 21.0. The number of fused-ring (bicyclic) bond motifs is 12. The first-order valence-corrected chi connectivity index (χ1v) is 34.9. The van der Waals surface area contributed by atoms with Crippen LogP contribution in [-0.4, -0.2) is 18.3 Å². The van der Waals surface area contributed by atoms with Crippen LogP contribution >= 0.6 is 0 Å². The summed E-state index contributed by atoms with van der Waals surface area (Å²) in [6, 6.07) is 138. The Balaban J connectivity index is 0.996. The summed E-state index contributed by atoms with van der Waals surface area (Å²) in [7, 11) is 0. The van der Waals surface area contributed by atoms with Gasteiger partial charge in [-0.15, -0.1) is 0 Å². The number of rotatable bonds is 11. The van der Waals surface area contributed by atoms with E-state index in [1.165, 1.54) is 11.1 Å². The van der Waals surface area contributed by atoms with Crippen LogP contribution in [0.25, 0.3) is 188 Å². The normalized spacial score (nSPS) is 11.7. The number of nitrogens with zero attached hydrogens (tertiary/aromatic N) is 5. The first kappa shape index (κ1) is 58.4. The van der Waals surface area contributed by atoms with Crippen molar-refractivity contribution in [1.29, 1.82) is 5.26 Å². The molecule has 20 rings (SSSR count). The van der Waals surface area contributed by atoms with E-state index >= 15 is 0 Å². The summed E-state index contributed by atoms with van der Waals surface area (Å²) in [5.41, 5.74) is 27.2. The van der Waals surface area contributed by atoms with Gasteiger partial charge in [-0.1, -0.05) is 297 Å². The molecule has 5 nitrogen and oxygen atoms in total. The smallest absolute Gasteiger partial charge is 0.104 e. The van der Waals surface area contributed by atoms with Crippen molar-refractivity contribution in [2.75, 3.05) is 0 Å². The molecule has 4 heterocycles. The van der Waals surface area contributed by atoms with Crippen molar-refractivity contribution in [3.8, 4) is 107 Å². The van der Waals surface area contributed by atoms with Crippen molar-refractivity contribution in [3.05, 3.63) is 376 Å². The summed E-state index contributed by atoms with van der Waals surface area (Å²) in [6.45, 7) is 0. The zero-order valence-electron chi connectivity index (χ0n) is 55.5. The van der Waals surface area contributed by atoms with E-state index in [9.17, 15) is 5.26 Å². The van der Waals surface area contributed by atoms with Gasteiger partial charge in [0.15, 0.2) is 0 Å². The molecule has 0 fully saturated rings. The van der Waals surface area contributed by atoms with E-state index in [1.54, 1.807) is 0 Å². The quantitative estimate of drug-likeness (QED) is 0.127. The molecular weight excluding hydrogens is 1240 g/mol. The highest BCUT2D eigenvalue weighted by molar-refractivity contribution is 6.18. The number of para-hydroxylation sites is 4. The van der Waals surface area contributed by atoms with E-state index in [4.69, 9.17) is 0 Å². The molecule has 0 atom stereocenters. The first-order valence-electron chi connectivity index (χ1n) is 34.9. The van der Waals surface area contributed by atoms with Gasteiger partial charge in [-0.2, -0.15) is 5.26 Å². The molecule has 0 radical (unpaired) electrons. The minimum Gasteiger partial charge on any atom is -0.306 e. The highest BCUT2D eigenvalue weighted by atomic mass is 15.1. The van der Waals surface area contributed by atoms with Gasteiger partial charge >= 0.3 is 0 Å². The van der Waals surface area contributed by atoms with E-state index < -0.39 is 0 Å². The van der Waals surface area contributed by atoms with Gasteiger partial charge in [-0.3, -0.25) is 0 Å². The fourth-order valence-electron chi connectivity index (χ4n) is 16.4. The molecule has 0 unspecified atom stereocenters. The zero-order chi connectivity index (χ0) is 67.4. The average molecular weight is 1300 g/mol. The second-order valence-corrected chi connectivity index (χ2v) is 26.6. The van der Waals surface area contributed by atoms with Crippen LogP contribution in [0.1, 0.15) is 5.56 Å². The van der Waals surface area contributed by atoms with Crippen molar-refractivity contribution < 1.29 is 0 Å². The zero-order valence-corrected chi connectivity index (χ0v) is 55.5. The van der Waals surface area contributed by atoms with Gasteiger partial charge < -0.3 is 18.3 Å². The van der Waals surface area contributed by atoms with Crippen molar-refractivity contribution in [2.24, 2.45) is 0 Å². The predicted molar refractivity (Wildman–Crippen MR) is 427 cm³/mol. The van der Waals surface area contributed by atoms with Crippen molar-refractivity contribution in [1.82, 2.24) is 18.3 Å². The van der Waals surface area contributed by atoms with Crippen molar-refractivity contribution >= 4 is 87.2 Å². The maximum atomic E-state index is 13.4. The van der Waals surface area contributed by atoms with Gasteiger partial charge in [0.2, 0.25) is 0 Å². The number of aromatic nitrogens is 4. The summed E-state index contributed by atoms with van der Waals surface area (Å²) in [6.07, 6.45) is 0. The molecule has 0 amide bonds. The highest BCUT2D eigenvalue weighted by Crippen LogP contribution is 2.53. The molecule has 474 valence electrons. The highest BCUT2D eigenvalue weighted by Gasteiger charge is 2.35. The Bertz CT molecular complexity index is 6260. The van der Waals surface area contributed by atoms with Crippen LogP contribution in [0.3, 0.4) is 0 Å². The molecule has 20 aromatic rings. The molecule has 102 heavy (non-hydrogen) atoms. The standard InChI is InChI=1S/C97H61N5/c98-62-84-94(99-85-38-20-16-34-76(85)77-35-17-21-39-86(77)99)96(101-89-54-50-72(65-28-10-3-11-29-65)58-80(89)82-60-74(52-56-91(82)101)69-46-42-67(43-47-69)63-24-6-1-7-25-63)93(71-32-14-5-15-33-71)97(95(84)100-87-40-22-18-36-78(87)79-37-19-23-41-88(79)100)102-90-55-51-73(66-30-12-4-13-31-66)59-81(90)83-61-75(53-57-92(83)102)70-48-44-68(45-49-70)64-26-8-2-9-27-64/h1-61H. The van der Waals surface area contributed by atoms with Crippen LogP contribution in [0.5, 0.6) is 0 Å². The molecule has 5 heteroatoms. The van der Waals surface area contributed by atoms with Gasteiger partial charge in [-0.05, 0) is 145 Å². The van der Waals surface area contributed by atoms with Crippen LogP contribution in [-0.2, 0) is 0 Å². The predicted octanol–water partition coefficient (Wildman–Crippen LogP) is 25.6. The van der Waals surface area contributed by atoms with E-state index in [0.29, 0.717) is 5.56 Å². The Morgan fingerprint density at radius 1 is 0.167 bits per heavy atom. The monoisotopic (exact) mass is 1300 g/mol. The summed E-state index contributed by atoms with van der Waals surface area (Å²) in [4.78, 5) is 0. The molecule has 0 saturated carbocycles. The van der Waals surface area contributed by atoms with Gasteiger partial charge in [0, 0.05) is 48.7 Å². The molecule has 0 saturated heterocycles. The Hall–Kier alpha value is -13.8. The maximum absolute atomic E-state index is 13.4. The van der Waals surface area contributed by atoms with Crippen LogP contribution < -0.4 is 0 Å². The van der Waals surface area contributed by atoms with Crippen LogP contribution in [0.2, 0.25) is 0 Å². The van der Waals surface area contributed by atoms with Gasteiger partial charge in [0.05, 0.1) is 66.9 Å². The summed E-state index contributed by atoms with van der Waals surface area (Å²) >= 11 is 0. The lowest BCUT2D eigenvalue weighted by atomic mass is 9.93. The van der Waals surface area contributed by atoms with E-state index in [2.05, 4.69) is 394 Å². The number of benzene rings is 16. The third kappa shape index (κ3) is 9.24. The Morgan fingerprint density at radius 3 is 0.637 bits per heavy atom. The minimum absolute atomic E-state index is 0.509. The molecule has 0 aliphatic heterocycles. The second kappa shape index (κ2) is 23.7. The number of hydrogen-bond donors (Lipinski definition) is 0. The summed E-state index contributed by atoms with van der Waals surface area (Å²) in [5, 5.41) is 22.1. The third-order valence-corrected chi connectivity index (χ3v) is 21.0. The Labute approximate surface area is 589 Å². The fraction of sp³-hybridized carbons (Fsp3) is 0. The Morgan fingerprint density at radius 2 is 0.363 bits per heavy atom. The maximum Gasteiger partial charge on any atom is 0.104 e. The number of hydrogen-bond acceptors (Lipinski definition) is 1. The largest absolute Gasteiger partial charge is 0.306 e. The molecule has 4 aromatic heterocycles. The Kier molecular flexibility index (Phi) is 13.6. The van der Waals surface area contributed by atoms with Gasteiger partial charge in [0.1, 0.15) is 11.6 Å². The molecular formula is C97H61N5. The lowest BCUT2D eigenvalue weighted by molar-refractivity contribution is 1.04. The fourth-order valence-corrected chi connectivity index (χ4v) is 16.4. The summed E-state index contributed by atoms with van der Waals surface area (Å²) < 4.78 is 9.86. The molecule has 0 aliphatic carbocycles. The van der Waals surface area contributed by atoms with Crippen molar-refractivity contribution in [3.63, 3.8) is 0 Å². The molecule has 16 aromatic carbocycles. The van der Waals surface area contributed by atoms with E-state index in [1.807, 2.05) is 0 Å². The summed E-state index contributed by atoms with van der Waals surface area (Å²) in [5.74, 6) is 0. The minimum atomic E-state index is 0.509. The van der Waals surface area contributed by atoms with E-state index in [0.717, 1.165) is 177 Å². The average Bonchev–Trinajstić information content (AvgIpc) is 1.55. The first-order chi connectivity index (χ1) is 50.6. The van der Waals surface area contributed by atoms with Crippen LogP contribution in [0.4, 0.5) is 0 Å². The molecule has 0 N–H and O–H groups in total.